The Morgan fingerprint density at radius 1 is 1.28 bits per heavy atom. The van der Waals surface area contributed by atoms with E-state index in [0.29, 0.717) is 12.1 Å². The third-order valence-electron chi connectivity index (χ3n) is 4.88. The van der Waals surface area contributed by atoms with Gasteiger partial charge in [0.15, 0.2) is 0 Å². The molecule has 0 aliphatic heterocycles. The largest absolute Gasteiger partial charge is 0.396 e. The summed E-state index contributed by atoms with van der Waals surface area (Å²) in [6.45, 7) is 8.86. The molecule has 3 rings (SSSR count). The van der Waals surface area contributed by atoms with Gasteiger partial charge in [-0.05, 0) is 31.9 Å². The van der Waals surface area contributed by atoms with E-state index in [1.54, 1.807) is 10.9 Å². The minimum absolute atomic E-state index is 0.107. The number of rotatable bonds is 5. The molecule has 1 aliphatic carbocycles. The maximum Gasteiger partial charge on any atom is 0.254 e. The van der Waals surface area contributed by atoms with Gasteiger partial charge >= 0.3 is 0 Å². The van der Waals surface area contributed by atoms with Gasteiger partial charge in [0.1, 0.15) is 0 Å². The maximum atomic E-state index is 12.8. The van der Waals surface area contributed by atoms with E-state index in [4.69, 9.17) is 0 Å². The predicted octanol–water partition coefficient (Wildman–Crippen LogP) is 2.98. The molecule has 1 amide bonds. The molecule has 0 atom stereocenters. The quantitative estimate of drug-likeness (QED) is 0.878. The van der Waals surface area contributed by atoms with Crippen LogP contribution in [0.2, 0.25) is 0 Å². The van der Waals surface area contributed by atoms with E-state index in [1.165, 1.54) is 5.56 Å². The van der Waals surface area contributed by atoms with E-state index in [0.717, 1.165) is 24.2 Å². The fourth-order valence-electron chi connectivity index (χ4n) is 2.85. The number of nitrogens with one attached hydrogen (secondary N) is 1. The first-order valence-electron chi connectivity index (χ1n) is 8.80. The van der Waals surface area contributed by atoms with Gasteiger partial charge in [0.05, 0.1) is 23.6 Å². The molecule has 0 saturated heterocycles. The van der Waals surface area contributed by atoms with E-state index in [9.17, 15) is 9.90 Å². The predicted molar refractivity (Wildman–Crippen MR) is 98.1 cm³/mol. The first kappa shape index (κ1) is 17.7. The van der Waals surface area contributed by atoms with Crippen LogP contribution in [0.4, 0.5) is 0 Å². The number of amides is 1. The number of aryl methyl sites for hydroxylation is 1. The second-order valence-corrected chi connectivity index (χ2v) is 8.26. The van der Waals surface area contributed by atoms with E-state index in [1.807, 2.05) is 31.2 Å². The summed E-state index contributed by atoms with van der Waals surface area (Å²) in [5.41, 5.74) is 3.15. The molecule has 1 saturated carbocycles. The summed E-state index contributed by atoms with van der Waals surface area (Å²) in [7, 11) is 0. The van der Waals surface area contributed by atoms with Crippen molar-refractivity contribution >= 4 is 5.91 Å². The minimum atomic E-state index is -0.239. The van der Waals surface area contributed by atoms with Gasteiger partial charge in [-0.2, -0.15) is 5.10 Å². The third-order valence-corrected chi connectivity index (χ3v) is 4.88. The number of hydrogen-bond donors (Lipinski definition) is 2. The summed E-state index contributed by atoms with van der Waals surface area (Å²) in [4.78, 5) is 12.8. The van der Waals surface area contributed by atoms with Gasteiger partial charge < -0.3 is 10.4 Å². The molecular formula is C20H27N3O2. The molecule has 0 spiro atoms. The third kappa shape index (κ3) is 3.76. The number of hydrogen-bond acceptors (Lipinski definition) is 3. The topological polar surface area (TPSA) is 67.2 Å². The zero-order chi connectivity index (χ0) is 18.2. The van der Waals surface area contributed by atoms with Gasteiger partial charge in [-0.1, -0.05) is 38.5 Å². The molecule has 1 aromatic carbocycles. The summed E-state index contributed by atoms with van der Waals surface area (Å²) in [5, 5.41) is 17.1. The van der Waals surface area contributed by atoms with Crippen LogP contribution in [0.25, 0.3) is 5.69 Å². The van der Waals surface area contributed by atoms with Crippen LogP contribution in [0.3, 0.4) is 0 Å². The van der Waals surface area contributed by atoms with Crippen molar-refractivity contribution in [3.8, 4) is 5.69 Å². The Morgan fingerprint density at radius 3 is 2.44 bits per heavy atom. The molecule has 25 heavy (non-hydrogen) atoms. The Balaban J connectivity index is 1.88. The highest BCUT2D eigenvalue weighted by atomic mass is 16.3. The molecule has 1 aromatic heterocycles. The molecule has 0 bridgehead atoms. The van der Waals surface area contributed by atoms with E-state index in [2.05, 4.69) is 31.2 Å². The number of carbonyl (C=O) groups excluding carboxylic acids is 1. The lowest BCUT2D eigenvalue weighted by Gasteiger charge is -2.18. The molecule has 0 unspecified atom stereocenters. The smallest absolute Gasteiger partial charge is 0.254 e. The number of aromatic nitrogens is 2. The second-order valence-electron chi connectivity index (χ2n) is 8.26. The van der Waals surface area contributed by atoms with Gasteiger partial charge in [0.25, 0.3) is 5.91 Å². The molecule has 5 nitrogen and oxygen atoms in total. The van der Waals surface area contributed by atoms with Crippen molar-refractivity contribution in [2.24, 2.45) is 5.41 Å². The van der Waals surface area contributed by atoms with Crippen LogP contribution in [0.5, 0.6) is 0 Å². The number of nitrogens with zero attached hydrogens (tertiary/aromatic N) is 2. The van der Waals surface area contributed by atoms with Crippen molar-refractivity contribution in [1.82, 2.24) is 15.1 Å². The molecule has 2 aromatic rings. The van der Waals surface area contributed by atoms with E-state index >= 15 is 0 Å². The minimum Gasteiger partial charge on any atom is -0.396 e. The highest BCUT2D eigenvalue weighted by Crippen LogP contribution is 2.44. The van der Waals surface area contributed by atoms with Gasteiger partial charge in [-0.3, -0.25) is 4.79 Å². The average Bonchev–Trinajstić information content (AvgIpc) is 3.20. The van der Waals surface area contributed by atoms with Crippen LogP contribution in [0.15, 0.2) is 30.5 Å². The Labute approximate surface area is 149 Å². The lowest BCUT2D eigenvalue weighted by Crippen LogP contribution is -2.33. The van der Waals surface area contributed by atoms with Crippen LogP contribution in [0.1, 0.15) is 55.2 Å². The summed E-state index contributed by atoms with van der Waals surface area (Å²) >= 11 is 0. The Hall–Kier alpha value is -2.14. The molecule has 1 aliphatic rings. The SMILES string of the molecule is Cc1ccc(-n2cc(C(=O)NCC3(CO)CC3)c(C(C)(C)C)n2)cc1. The lowest BCUT2D eigenvalue weighted by molar-refractivity contribution is 0.0933. The van der Waals surface area contributed by atoms with Crippen LogP contribution < -0.4 is 5.32 Å². The fraction of sp³-hybridized carbons (Fsp3) is 0.500. The standard InChI is InChI=1S/C20H27N3O2/c1-14-5-7-15(8-6-14)23-11-16(17(22-23)19(2,3)4)18(25)21-12-20(13-24)9-10-20/h5-8,11,24H,9-10,12-13H2,1-4H3,(H,21,25). The Bertz CT molecular complexity index is 765. The molecule has 134 valence electrons. The normalized spacial score (nSPS) is 15.9. The van der Waals surface area contributed by atoms with Crippen LogP contribution >= 0.6 is 0 Å². The number of benzene rings is 1. The van der Waals surface area contributed by atoms with Gasteiger partial charge in [-0.15, -0.1) is 0 Å². The van der Waals surface area contributed by atoms with Gasteiger partial charge in [0.2, 0.25) is 0 Å². The summed E-state index contributed by atoms with van der Waals surface area (Å²) in [6.07, 6.45) is 3.75. The Morgan fingerprint density at radius 2 is 1.92 bits per heavy atom. The van der Waals surface area contributed by atoms with Crippen molar-refractivity contribution in [2.45, 2.75) is 46.0 Å². The summed E-state index contributed by atoms with van der Waals surface area (Å²) in [5.74, 6) is -0.122. The van der Waals surface area contributed by atoms with Crippen molar-refractivity contribution in [1.29, 1.82) is 0 Å². The molecule has 1 fully saturated rings. The van der Waals surface area contributed by atoms with Crippen LogP contribution in [0, 0.1) is 12.3 Å². The first-order valence-corrected chi connectivity index (χ1v) is 8.80. The zero-order valence-corrected chi connectivity index (χ0v) is 15.5. The Kier molecular flexibility index (Phi) is 4.45. The number of aliphatic hydroxyl groups excluding tert-OH is 1. The summed E-state index contributed by atoms with van der Waals surface area (Å²) in [6, 6.07) is 8.07. The highest BCUT2D eigenvalue weighted by molar-refractivity contribution is 5.95. The molecule has 1 heterocycles. The fourth-order valence-corrected chi connectivity index (χ4v) is 2.85. The van der Waals surface area contributed by atoms with Crippen molar-refractivity contribution < 1.29 is 9.90 Å². The van der Waals surface area contributed by atoms with Gasteiger partial charge in [-0.25, -0.2) is 4.68 Å². The maximum absolute atomic E-state index is 12.8. The lowest BCUT2D eigenvalue weighted by atomic mass is 9.89. The van der Waals surface area contributed by atoms with E-state index < -0.39 is 0 Å². The van der Waals surface area contributed by atoms with Crippen LogP contribution in [-0.2, 0) is 5.41 Å². The van der Waals surface area contributed by atoms with Gasteiger partial charge in [0, 0.05) is 23.6 Å². The monoisotopic (exact) mass is 341 g/mol. The first-order chi connectivity index (χ1) is 11.7. The van der Waals surface area contributed by atoms with E-state index in [-0.39, 0.29) is 23.3 Å². The molecule has 5 heteroatoms. The number of carbonyl (C=O) groups is 1. The van der Waals surface area contributed by atoms with Crippen LogP contribution in [-0.4, -0.2) is 33.9 Å². The van der Waals surface area contributed by atoms with Crippen molar-refractivity contribution in [2.75, 3.05) is 13.2 Å². The average molecular weight is 341 g/mol. The zero-order valence-electron chi connectivity index (χ0n) is 15.5. The van der Waals surface area contributed by atoms with Crippen molar-refractivity contribution in [3.05, 3.63) is 47.3 Å². The molecule has 2 N–H and O–H groups in total. The summed E-state index contributed by atoms with van der Waals surface area (Å²) < 4.78 is 1.77. The number of aliphatic hydroxyl groups is 1. The molecular weight excluding hydrogens is 314 g/mol. The van der Waals surface area contributed by atoms with Crippen molar-refractivity contribution in [3.63, 3.8) is 0 Å². The molecule has 0 radical (unpaired) electrons. The second kappa shape index (κ2) is 6.30. The highest BCUT2D eigenvalue weighted by Gasteiger charge is 2.42.